The van der Waals surface area contributed by atoms with Crippen LogP contribution in [-0.2, 0) is 10.0 Å². The van der Waals surface area contributed by atoms with Gasteiger partial charge in [-0.2, -0.15) is 4.31 Å². The maximum absolute atomic E-state index is 13.4. The van der Waals surface area contributed by atoms with Gasteiger partial charge in [-0.05, 0) is 47.7 Å². The van der Waals surface area contributed by atoms with E-state index in [9.17, 15) is 8.42 Å². The number of piperazine rings is 1. The highest BCUT2D eigenvalue weighted by Crippen LogP contribution is 2.46. The van der Waals surface area contributed by atoms with Crippen molar-refractivity contribution in [2.24, 2.45) is 0 Å². The van der Waals surface area contributed by atoms with Gasteiger partial charge >= 0.3 is 0 Å². The third-order valence-corrected chi connectivity index (χ3v) is 8.70. The Morgan fingerprint density at radius 3 is 2.03 bits per heavy atom. The van der Waals surface area contributed by atoms with Crippen molar-refractivity contribution in [1.82, 2.24) is 9.62 Å². The molecule has 0 amide bonds. The summed E-state index contributed by atoms with van der Waals surface area (Å²) >= 11 is 0. The number of benzene rings is 3. The molecule has 3 aromatic carbocycles. The zero-order valence-electron chi connectivity index (χ0n) is 17.2. The number of piperidine rings is 1. The molecule has 0 spiro atoms. The zero-order valence-corrected chi connectivity index (χ0v) is 18.1. The summed E-state index contributed by atoms with van der Waals surface area (Å²) in [5, 5.41) is 3.39. The quantitative estimate of drug-likeness (QED) is 0.694. The highest BCUT2D eigenvalue weighted by atomic mass is 32.2. The fourth-order valence-electron chi connectivity index (χ4n) is 5.07. The monoisotopic (exact) mass is 418 g/mol. The maximum Gasteiger partial charge on any atom is 0.243 e. The minimum Gasteiger partial charge on any atom is -0.313 e. The Hall–Kier alpha value is -2.47. The van der Waals surface area contributed by atoms with Crippen LogP contribution in [0.4, 0.5) is 0 Å². The highest BCUT2D eigenvalue weighted by molar-refractivity contribution is 7.89. The van der Waals surface area contributed by atoms with E-state index in [1.165, 1.54) is 22.3 Å². The Balaban J connectivity index is 1.44. The van der Waals surface area contributed by atoms with Gasteiger partial charge in [0.2, 0.25) is 10.0 Å². The molecule has 2 aliphatic heterocycles. The van der Waals surface area contributed by atoms with Gasteiger partial charge in [-0.1, -0.05) is 66.7 Å². The van der Waals surface area contributed by atoms with Gasteiger partial charge in [-0.3, -0.25) is 0 Å². The van der Waals surface area contributed by atoms with Crippen molar-refractivity contribution in [1.29, 1.82) is 0 Å². The van der Waals surface area contributed by atoms with Crippen LogP contribution < -0.4 is 5.32 Å². The fourth-order valence-corrected chi connectivity index (χ4v) is 7.15. The molecule has 5 rings (SSSR count). The zero-order chi connectivity index (χ0) is 20.9. The summed E-state index contributed by atoms with van der Waals surface area (Å²) in [6, 6.07) is 24.2. The molecule has 2 heterocycles. The molecule has 0 aromatic heterocycles. The molecule has 0 radical (unpaired) electrons. The minimum atomic E-state index is -3.50. The number of sulfonamides is 1. The lowest BCUT2D eigenvalue weighted by Gasteiger charge is -2.58. The van der Waals surface area contributed by atoms with Crippen molar-refractivity contribution in [3.63, 3.8) is 0 Å². The molecule has 154 valence electrons. The van der Waals surface area contributed by atoms with Crippen LogP contribution in [0.25, 0.3) is 11.1 Å². The first-order chi connectivity index (χ1) is 14.5. The smallest absolute Gasteiger partial charge is 0.243 e. The molecule has 0 saturated carbocycles. The van der Waals surface area contributed by atoms with Crippen LogP contribution in [0.15, 0.2) is 77.7 Å². The lowest BCUT2D eigenvalue weighted by molar-refractivity contribution is 0.0370. The van der Waals surface area contributed by atoms with Gasteiger partial charge < -0.3 is 5.32 Å². The van der Waals surface area contributed by atoms with Crippen molar-refractivity contribution < 1.29 is 8.42 Å². The Labute approximate surface area is 178 Å². The number of rotatable bonds is 4. The number of fused-ring (bicyclic) bond motifs is 2. The molecule has 0 aliphatic carbocycles. The minimum absolute atomic E-state index is 0.0438. The lowest BCUT2D eigenvalue weighted by Crippen LogP contribution is -2.73. The van der Waals surface area contributed by atoms with Gasteiger partial charge in [0.25, 0.3) is 0 Å². The van der Waals surface area contributed by atoms with Gasteiger partial charge in [-0.25, -0.2) is 8.42 Å². The normalized spacial score (nSPS) is 23.7. The summed E-state index contributed by atoms with van der Waals surface area (Å²) in [5.74, 6) is 0.232. The number of hydrogen-bond donors (Lipinski definition) is 1. The molecule has 2 saturated heterocycles. The Morgan fingerprint density at radius 1 is 0.800 bits per heavy atom. The van der Waals surface area contributed by atoms with E-state index in [1.807, 2.05) is 19.1 Å². The molecule has 5 heteroatoms. The first-order valence-electron chi connectivity index (χ1n) is 10.4. The summed E-state index contributed by atoms with van der Waals surface area (Å²) in [5.41, 5.74) is 5.72. The second-order valence-electron chi connectivity index (χ2n) is 8.36. The maximum atomic E-state index is 13.4. The third kappa shape index (κ3) is 3.00. The number of aryl methyl sites for hydroxylation is 2. The fraction of sp³-hybridized carbons (Fsp3) is 0.280. The number of nitrogens with zero attached hydrogens (tertiary/aromatic N) is 1. The Bertz CT molecular complexity index is 1180. The molecular formula is C25H26N2O2S. The predicted molar refractivity (Wildman–Crippen MR) is 120 cm³/mol. The van der Waals surface area contributed by atoms with Crippen molar-refractivity contribution in [2.75, 3.05) is 13.1 Å². The summed E-state index contributed by atoms with van der Waals surface area (Å²) in [6.45, 7) is 5.36. The van der Waals surface area contributed by atoms with Crippen molar-refractivity contribution in [3.05, 3.63) is 89.5 Å². The summed E-state index contributed by atoms with van der Waals surface area (Å²) in [7, 11) is -3.50. The number of hydrogen-bond acceptors (Lipinski definition) is 3. The van der Waals surface area contributed by atoms with Crippen LogP contribution in [0.3, 0.4) is 0 Å². The predicted octanol–water partition coefficient (Wildman–Crippen LogP) is 4.10. The van der Waals surface area contributed by atoms with E-state index in [0.29, 0.717) is 18.0 Å². The number of nitrogens with one attached hydrogen (secondary N) is 1. The van der Waals surface area contributed by atoms with E-state index in [1.54, 1.807) is 16.4 Å². The first kappa shape index (κ1) is 19.5. The molecule has 4 nitrogen and oxygen atoms in total. The topological polar surface area (TPSA) is 49.4 Å². The van der Waals surface area contributed by atoms with E-state index < -0.39 is 10.0 Å². The van der Waals surface area contributed by atoms with Crippen LogP contribution in [0.1, 0.15) is 22.6 Å². The van der Waals surface area contributed by atoms with E-state index in [4.69, 9.17) is 0 Å². The van der Waals surface area contributed by atoms with E-state index >= 15 is 0 Å². The molecular weight excluding hydrogens is 392 g/mol. The van der Waals surface area contributed by atoms with Gasteiger partial charge in [0.1, 0.15) is 0 Å². The summed E-state index contributed by atoms with van der Waals surface area (Å²) in [4.78, 5) is 0.426. The van der Waals surface area contributed by atoms with Crippen LogP contribution in [-0.4, -0.2) is 37.9 Å². The molecule has 30 heavy (non-hydrogen) atoms. The second-order valence-corrected chi connectivity index (χ2v) is 10.2. The van der Waals surface area contributed by atoms with E-state index in [0.717, 1.165) is 5.56 Å². The Morgan fingerprint density at radius 2 is 1.40 bits per heavy atom. The van der Waals surface area contributed by atoms with Crippen LogP contribution in [0.2, 0.25) is 0 Å². The van der Waals surface area contributed by atoms with Gasteiger partial charge in [0.05, 0.1) is 4.90 Å². The van der Waals surface area contributed by atoms with Crippen molar-refractivity contribution >= 4 is 10.0 Å². The van der Waals surface area contributed by atoms with Gasteiger partial charge in [0, 0.05) is 31.1 Å². The molecule has 1 N–H and O–H groups in total. The molecule has 2 fully saturated rings. The lowest BCUT2D eigenvalue weighted by atomic mass is 9.74. The van der Waals surface area contributed by atoms with E-state index in [2.05, 4.69) is 60.8 Å². The third-order valence-electron chi connectivity index (χ3n) is 6.59. The first-order valence-corrected chi connectivity index (χ1v) is 11.9. The van der Waals surface area contributed by atoms with E-state index in [-0.39, 0.29) is 18.0 Å². The molecule has 2 bridgehead atoms. The van der Waals surface area contributed by atoms with Crippen molar-refractivity contribution in [3.8, 4) is 11.1 Å². The molecule has 2 aliphatic rings. The van der Waals surface area contributed by atoms with Crippen LogP contribution in [0, 0.1) is 13.8 Å². The SMILES string of the molecule is Cc1ccccc1-c1ccc(C2[C@H]3CNC[C@@H]2N3S(=O)(=O)c2ccccc2C)cc1. The standard InChI is InChI=1S/C25H26N2O2S/c1-17-7-3-5-9-21(17)19-11-13-20(14-12-19)25-22-15-26-16-23(25)27(22)30(28,29)24-10-6-4-8-18(24)2/h3-14,22-23,25-26H,15-16H2,1-2H3/t22-,23+,25?. The van der Waals surface area contributed by atoms with Crippen molar-refractivity contribution in [2.45, 2.75) is 36.7 Å². The summed E-state index contributed by atoms with van der Waals surface area (Å²) < 4.78 is 28.5. The van der Waals surface area contributed by atoms with Gasteiger partial charge in [0.15, 0.2) is 0 Å². The second kappa shape index (κ2) is 7.34. The average molecular weight is 419 g/mol. The van der Waals surface area contributed by atoms with Gasteiger partial charge in [-0.15, -0.1) is 0 Å². The average Bonchev–Trinajstić information content (AvgIpc) is 2.75. The molecule has 3 atom stereocenters. The molecule has 3 aromatic rings. The Kier molecular flexibility index (Phi) is 4.77. The van der Waals surface area contributed by atoms with Crippen LogP contribution in [0.5, 0.6) is 0 Å². The highest BCUT2D eigenvalue weighted by Gasteiger charge is 2.56. The summed E-state index contributed by atoms with van der Waals surface area (Å²) in [6.07, 6.45) is 0. The van der Waals surface area contributed by atoms with Crippen LogP contribution >= 0.6 is 0 Å². The largest absolute Gasteiger partial charge is 0.313 e. The molecule has 1 unspecified atom stereocenters.